The van der Waals surface area contributed by atoms with Gasteiger partial charge in [-0.15, -0.1) is 0 Å². The normalized spacial score (nSPS) is 15.6. The van der Waals surface area contributed by atoms with Crippen molar-refractivity contribution in [3.05, 3.63) is 54.1 Å². The van der Waals surface area contributed by atoms with Gasteiger partial charge in [-0.25, -0.2) is 8.42 Å². The smallest absolute Gasteiger partial charge is 0.251 e. The third kappa shape index (κ3) is 5.91. The average Bonchev–Trinajstić information content (AvgIpc) is 2.83. The molecule has 1 heterocycles. The fourth-order valence-electron chi connectivity index (χ4n) is 3.77. The standard InChI is InChI=1S/C24H31N3O5S/c1-17(2)22(26-23(28)18-10-6-4-7-11-18)24(29)25-19-12-13-20(32-3)21(16-19)33(30,31)27-14-8-5-9-15-27/h4,6-7,10-13,16-17,22H,5,8-9,14-15H2,1-3H3,(H,25,29)(H,26,28)/t22-/m1/s1. The van der Waals surface area contributed by atoms with Crippen molar-refractivity contribution in [3.63, 3.8) is 0 Å². The molecule has 2 aromatic carbocycles. The topological polar surface area (TPSA) is 105 Å². The first-order chi connectivity index (χ1) is 15.7. The Hall–Kier alpha value is -2.91. The molecule has 2 aromatic rings. The van der Waals surface area contributed by atoms with E-state index in [2.05, 4.69) is 10.6 Å². The first-order valence-electron chi connectivity index (χ1n) is 11.1. The van der Waals surface area contributed by atoms with E-state index in [4.69, 9.17) is 4.74 Å². The lowest BCUT2D eigenvalue weighted by Gasteiger charge is -2.27. The molecule has 1 atom stereocenters. The molecule has 0 unspecified atom stereocenters. The molecule has 3 rings (SSSR count). The molecule has 8 nitrogen and oxygen atoms in total. The van der Waals surface area contributed by atoms with Gasteiger partial charge in [-0.3, -0.25) is 9.59 Å². The molecule has 1 fully saturated rings. The van der Waals surface area contributed by atoms with Gasteiger partial charge in [-0.1, -0.05) is 38.5 Å². The van der Waals surface area contributed by atoms with Crippen LogP contribution in [0.25, 0.3) is 0 Å². The van der Waals surface area contributed by atoms with Crippen LogP contribution in [0.4, 0.5) is 5.69 Å². The van der Waals surface area contributed by atoms with E-state index in [0.717, 1.165) is 19.3 Å². The first kappa shape index (κ1) is 24.7. The van der Waals surface area contributed by atoms with Crippen molar-refractivity contribution in [2.24, 2.45) is 5.92 Å². The molecule has 33 heavy (non-hydrogen) atoms. The molecule has 0 saturated carbocycles. The van der Waals surface area contributed by atoms with Crippen molar-refractivity contribution in [1.82, 2.24) is 9.62 Å². The van der Waals surface area contributed by atoms with Crippen LogP contribution in [0, 0.1) is 5.92 Å². The summed E-state index contributed by atoms with van der Waals surface area (Å²) in [5.41, 5.74) is 0.770. The Bertz CT molecular complexity index is 1080. The minimum atomic E-state index is -3.77. The fourth-order valence-corrected chi connectivity index (χ4v) is 5.47. The molecule has 0 radical (unpaired) electrons. The van der Waals surface area contributed by atoms with Gasteiger partial charge in [-0.05, 0) is 49.1 Å². The van der Waals surface area contributed by atoms with E-state index in [1.54, 1.807) is 30.3 Å². The minimum Gasteiger partial charge on any atom is -0.495 e. The van der Waals surface area contributed by atoms with Crippen LogP contribution < -0.4 is 15.4 Å². The van der Waals surface area contributed by atoms with Crippen molar-refractivity contribution < 1.29 is 22.7 Å². The molecule has 0 aromatic heterocycles. The molecular weight excluding hydrogens is 442 g/mol. The Morgan fingerprint density at radius 2 is 1.67 bits per heavy atom. The quantitative estimate of drug-likeness (QED) is 0.612. The molecule has 1 aliphatic rings. The Balaban J connectivity index is 1.81. The van der Waals surface area contributed by atoms with Gasteiger partial charge in [-0.2, -0.15) is 4.31 Å². The number of ether oxygens (including phenoxy) is 1. The zero-order chi connectivity index (χ0) is 24.0. The number of carbonyl (C=O) groups excluding carboxylic acids is 2. The molecule has 0 bridgehead atoms. The number of anilines is 1. The lowest BCUT2D eigenvalue weighted by atomic mass is 10.0. The Morgan fingerprint density at radius 3 is 2.27 bits per heavy atom. The van der Waals surface area contributed by atoms with Gasteiger partial charge in [0.25, 0.3) is 5.91 Å². The number of benzene rings is 2. The number of amides is 2. The molecule has 1 saturated heterocycles. The number of rotatable bonds is 8. The van der Waals surface area contributed by atoms with Crippen LogP contribution in [0.5, 0.6) is 5.75 Å². The molecule has 178 valence electrons. The van der Waals surface area contributed by atoms with Gasteiger partial charge in [0, 0.05) is 24.3 Å². The Kier molecular flexibility index (Phi) is 8.10. The maximum absolute atomic E-state index is 13.2. The lowest BCUT2D eigenvalue weighted by Crippen LogP contribution is -2.47. The highest BCUT2D eigenvalue weighted by Gasteiger charge is 2.30. The summed E-state index contributed by atoms with van der Waals surface area (Å²) < 4.78 is 33.2. The Morgan fingerprint density at radius 1 is 1.00 bits per heavy atom. The largest absolute Gasteiger partial charge is 0.495 e. The van der Waals surface area contributed by atoms with Gasteiger partial charge in [0.15, 0.2) is 0 Å². The summed E-state index contributed by atoms with van der Waals surface area (Å²) in [5, 5.41) is 5.52. The number of methoxy groups -OCH3 is 1. The third-order valence-electron chi connectivity index (χ3n) is 5.64. The van der Waals surface area contributed by atoms with E-state index >= 15 is 0 Å². The molecular formula is C24H31N3O5S. The number of piperidine rings is 1. The van der Waals surface area contributed by atoms with Crippen LogP contribution in [-0.2, 0) is 14.8 Å². The molecule has 0 spiro atoms. The fraction of sp³-hybridized carbons (Fsp3) is 0.417. The molecule has 2 N–H and O–H groups in total. The van der Waals surface area contributed by atoms with E-state index in [0.29, 0.717) is 24.3 Å². The number of carbonyl (C=O) groups is 2. The summed E-state index contributed by atoms with van der Waals surface area (Å²) in [6.45, 7) is 4.58. The number of hydrogen-bond donors (Lipinski definition) is 2. The lowest BCUT2D eigenvalue weighted by molar-refractivity contribution is -0.118. The zero-order valence-corrected chi connectivity index (χ0v) is 20.0. The second-order valence-electron chi connectivity index (χ2n) is 8.38. The maximum atomic E-state index is 13.2. The van der Waals surface area contributed by atoms with Gasteiger partial charge in [0.2, 0.25) is 15.9 Å². The summed E-state index contributed by atoms with van der Waals surface area (Å²) in [7, 11) is -2.35. The number of nitrogens with zero attached hydrogens (tertiary/aromatic N) is 1. The Labute approximate surface area is 195 Å². The average molecular weight is 474 g/mol. The van der Waals surface area contributed by atoms with Crippen LogP contribution in [0.1, 0.15) is 43.5 Å². The number of sulfonamides is 1. The van der Waals surface area contributed by atoms with Crippen LogP contribution in [0.3, 0.4) is 0 Å². The van der Waals surface area contributed by atoms with E-state index < -0.39 is 22.0 Å². The van der Waals surface area contributed by atoms with Crippen molar-refractivity contribution in [2.45, 2.75) is 44.0 Å². The summed E-state index contributed by atoms with van der Waals surface area (Å²) in [5.74, 6) is -0.753. The van der Waals surface area contributed by atoms with Crippen LogP contribution in [0.15, 0.2) is 53.4 Å². The van der Waals surface area contributed by atoms with Crippen molar-refractivity contribution in [1.29, 1.82) is 0 Å². The number of nitrogens with one attached hydrogen (secondary N) is 2. The van der Waals surface area contributed by atoms with Crippen LogP contribution >= 0.6 is 0 Å². The van der Waals surface area contributed by atoms with Crippen LogP contribution in [0.2, 0.25) is 0 Å². The van der Waals surface area contributed by atoms with Crippen LogP contribution in [-0.4, -0.2) is 50.8 Å². The monoisotopic (exact) mass is 473 g/mol. The number of hydrogen-bond acceptors (Lipinski definition) is 5. The van der Waals surface area contributed by atoms with E-state index in [1.807, 2.05) is 19.9 Å². The highest BCUT2D eigenvalue weighted by Crippen LogP contribution is 2.31. The summed E-state index contributed by atoms with van der Waals surface area (Å²) in [6.07, 6.45) is 2.63. The van der Waals surface area contributed by atoms with Gasteiger partial charge >= 0.3 is 0 Å². The van der Waals surface area contributed by atoms with Gasteiger partial charge in [0.05, 0.1) is 7.11 Å². The summed E-state index contributed by atoms with van der Waals surface area (Å²) in [4.78, 5) is 25.6. The predicted octanol–water partition coefficient (Wildman–Crippen LogP) is 3.26. The third-order valence-corrected chi connectivity index (χ3v) is 7.56. The zero-order valence-electron chi connectivity index (χ0n) is 19.2. The minimum absolute atomic E-state index is 0.0131. The van der Waals surface area contributed by atoms with Crippen molar-refractivity contribution in [3.8, 4) is 5.75 Å². The second-order valence-corrected chi connectivity index (χ2v) is 10.3. The van der Waals surface area contributed by atoms with Gasteiger partial charge < -0.3 is 15.4 Å². The molecule has 0 aliphatic carbocycles. The molecule has 1 aliphatic heterocycles. The van der Waals surface area contributed by atoms with E-state index in [9.17, 15) is 18.0 Å². The van der Waals surface area contributed by atoms with E-state index in [1.165, 1.54) is 23.5 Å². The SMILES string of the molecule is COc1ccc(NC(=O)[C@H](NC(=O)c2ccccc2)C(C)C)cc1S(=O)(=O)N1CCCCC1. The van der Waals surface area contributed by atoms with Crippen molar-refractivity contribution >= 4 is 27.5 Å². The van der Waals surface area contributed by atoms with Gasteiger partial charge in [0.1, 0.15) is 16.7 Å². The molecule has 2 amide bonds. The molecule has 9 heteroatoms. The summed E-state index contributed by atoms with van der Waals surface area (Å²) in [6, 6.07) is 12.4. The summed E-state index contributed by atoms with van der Waals surface area (Å²) >= 11 is 0. The second kappa shape index (κ2) is 10.8. The van der Waals surface area contributed by atoms with Crippen molar-refractivity contribution in [2.75, 3.05) is 25.5 Å². The highest BCUT2D eigenvalue weighted by atomic mass is 32.2. The predicted molar refractivity (Wildman–Crippen MR) is 127 cm³/mol. The first-order valence-corrected chi connectivity index (χ1v) is 12.5. The maximum Gasteiger partial charge on any atom is 0.251 e. The highest BCUT2D eigenvalue weighted by molar-refractivity contribution is 7.89. The van der Waals surface area contributed by atoms with E-state index in [-0.39, 0.29) is 22.5 Å².